The Morgan fingerprint density at radius 2 is 1.89 bits per heavy atom. The topological polar surface area (TPSA) is 38.1 Å². The molecule has 3 rings (SSSR count). The van der Waals surface area contributed by atoms with Crippen LogP contribution in [0.15, 0.2) is 67.0 Å². The highest BCUT2D eigenvalue weighted by Gasteiger charge is 2.20. The molecule has 0 radical (unpaired) electrons. The van der Waals surface area contributed by atoms with Crippen molar-refractivity contribution in [3.05, 3.63) is 89.0 Å². The molecular formula is C23H26ClN3O. The van der Waals surface area contributed by atoms with E-state index in [1.54, 1.807) is 6.20 Å². The Morgan fingerprint density at radius 3 is 2.57 bits per heavy atom. The fraction of sp³-hybridized carbons (Fsp3) is 0.304. The molecular weight excluding hydrogens is 370 g/mol. The molecule has 0 saturated carbocycles. The van der Waals surface area contributed by atoms with E-state index in [2.05, 4.69) is 17.1 Å². The first-order valence-corrected chi connectivity index (χ1v) is 9.93. The van der Waals surface area contributed by atoms with E-state index >= 15 is 0 Å². The van der Waals surface area contributed by atoms with Crippen LogP contribution in [-0.4, -0.2) is 34.0 Å². The second-order valence-electron chi connectivity index (χ2n) is 7.10. The third-order valence-electron chi connectivity index (χ3n) is 5.07. The van der Waals surface area contributed by atoms with Crippen LogP contribution in [-0.2, 0) is 18.3 Å². The molecule has 0 aliphatic rings. The summed E-state index contributed by atoms with van der Waals surface area (Å²) in [5.74, 6) is 1.17. The highest BCUT2D eigenvalue weighted by atomic mass is 35.5. The fourth-order valence-electron chi connectivity index (χ4n) is 3.40. The summed E-state index contributed by atoms with van der Waals surface area (Å²) in [5, 5.41) is 0.689. The zero-order valence-electron chi connectivity index (χ0n) is 16.4. The Morgan fingerprint density at radius 1 is 1.14 bits per heavy atom. The predicted octanol–water partition coefficient (Wildman–Crippen LogP) is 4.69. The number of aromatic nitrogens is 2. The molecule has 4 nitrogen and oxygen atoms in total. The Bertz CT molecular complexity index is 907. The lowest BCUT2D eigenvalue weighted by molar-refractivity contribution is -0.130. The minimum atomic E-state index is -0.00982. The number of amides is 1. The van der Waals surface area contributed by atoms with Crippen LogP contribution in [0.1, 0.15) is 35.7 Å². The van der Waals surface area contributed by atoms with Crippen LogP contribution in [0.3, 0.4) is 0 Å². The molecule has 146 valence electrons. The van der Waals surface area contributed by atoms with Gasteiger partial charge >= 0.3 is 0 Å². The van der Waals surface area contributed by atoms with Crippen LogP contribution >= 0.6 is 11.6 Å². The fourth-order valence-corrected chi connectivity index (χ4v) is 3.60. The second-order valence-corrected chi connectivity index (χ2v) is 7.53. The van der Waals surface area contributed by atoms with Crippen LogP contribution in [0, 0.1) is 0 Å². The maximum atomic E-state index is 12.9. The van der Waals surface area contributed by atoms with E-state index in [1.165, 1.54) is 0 Å². The Labute approximate surface area is 171 Å². The van der Waals surface area contributed by atoms with Gasteiger partial charge in [0.2, 0.25) is 5.91 Å². The van der Waals surface area contributed by atoms with Crippen molar-refractivity contribution < 1.29 is 4.79 Å². The van der Waals surface area contributed by atoms with Crippen molar-refractivity contribution >= 4 is 17.5 Å². The van der Waals surface area contributed by atoms with Gasteiger partial charge < -0.3 is 9.47 Å². The van der Waals surface area contributed by atoms with Gasteiger partial charge in [-0.2, -0.15) is 0 Å². The molecule has 1 amide bonds. The highest BCUT2D eigenvalue weighted by Crippen LogP contribution is 2.30. The summed E-state index contributed by atoms with van der Waals surface area (Å²) in [7, 11) is 3.87. The number of hydrogen-bond acceptors (Lipinski definition) is 2. The van der Waals surface area contributed by atoms with Crippen molar-refractivity contribution in [2.75, 3.05) is 13.6 Å². The van der Waals surface area contributed by atoms with Crippen LogP contribution < -0.4 is 0 Å². The third kappa shape index (κ3) is 5.23. The van der Waals surface area contributed by atoms with E-state index < -0.39 is 0 Å². The van der Waals surface area contributed by atoms with Gasteiger partial charge in [-0.1, -0.05) is 54.1 Å². The van der Waals surface area contributed by atoms with Crippen molar-refractivity contribution in [2.45, 2.75) is 25.2 Å². The first-order chi connectivity index (χ1) is 13.5. The molecule has 1 heterocycles. The standard InChI is InChI=1S/C23H26ClN3O/c1-26-15-13-25-22(26)12-7-14-27(2)23(28)17-21(18-8-4-3-5-9-18)19-10-6-11-20(24)16-19/h3-6,8-11,13,15-16,21H,7,12,14,17H2,1-2H3/t21-/m0/s1. The van der Waals surface area contributed by atoms with Gasteiger partial charge in [0, 0.05) is 56.8 Å². The lowest BCUT2D eigenvalue weighted by atomic mass is 9.88. The molecule has 0 spiro atoms. The van der Waals surface area contributed by atoms with Gasteiger partial charge in [-0.15, -0.1) is 0 Å². The number of carbonyl (C=O) groups excluding carboxylic acids is 1. The van der Waals surface area contributed by atoms with Gasteiger partial charge in [-0.3, -0.25) is 4.79 Å². The number of nitrogens with zero attached hydrogens (tertiary/aromatic N) is 3. The summed E-state index contributed by atoms with van der Waals surface area (Å²) in [4.78, 5) is 19.1. The van der Waals surface area contributed by atoms with Gasteiger partial charge in [0.05, 0.1) is 0 Å². The molecule has 0 saturated heterocycles. The van der Waals surface area contributed by atoms with Crippen LogP contribution in [0.5, 0.6) is 0 Å². The maximum Gasteiger partial charge on any atom is 0.223 e. The normalized spacial score (nSPS) is 12.0. The molecule has 5 heteroatoms. The monoisotopic (exact) mass is 395 g/mol. The predicted molar refractivity (Wildman–Crippen MR) is 114 cm³/mol. The van der Waals surface area contributed by atoms with Crippen molar-refractivity contribution in [1.29, 1.82) is 0 Å². The van der Waals surface area contributed by atoms with Gasteiger partial charge in [0.1, 0.15) is 5.82 Å². The lowest BCUT2D eigenvalue weighted by Crippen LogP contribution is -2.29. The van der Waals surface area contributed by atoms with E-state index in [0.717, 1.165) is 29.8 Å². The lowest BCUT2D eigenvalue weighted by Gasteiger charge is -2.22. The summed E-state index contributed by atoms with van der Waals surface area (Å²) in [6, 6.07) is 17.9. The van der Waals surface area contributed by atoms with E-state index in [0.29, 0.717) is 18.0 Å². The second kappa shape index (κ2) is 9.56. The number of imidazole rings is 1. The van der Waals surface area contributed by atoms with E-state index in [-0.39, 0.29) is 11.8 Å². The first-order valence-electron chi connectivity index (χ1n) is 9.55. The van der Waals surface area contributed by atoms with E-state index in [4.69, 9.17) is 11.6 Å². The Hall–Kier alpha value is -2.59. The molecule has 1 aromatic heterocycles. The summed E-state index contributed by atoms with van der Waals surface area (Å²) < 4.78 is 2.02. The molecule has 0 bridgehead atoms. The third-order valence-corrected chi connectivity index (χ3v) is 5.31. The maximum absolute atomic E-state index is 12.9. The summed E-state index contributed by atoms with van der Waals surface area (Å²) in [6.45, 7) is 0.711. The number of hydrogen-bond donors (Lipinski definition) is 0. The number of halogens is 1. The van der Waals surface area contributed by atoms with Crippen LogP contribution in [0.25, 0.3) is 0 Å². The number of carbonyl (C=O) groups is 1. The molecule has 0 unspecified atom stereocenters. The molecule has 28 heavy (non-hydrogen) atoms. The average Bonchev–Trinajstić information content (AvgIpc) is 3.11. The van der Waals surface area contributed by atoms with Gasteiger partial charge in [-0.05, 0) is 29.7 Å². The Kier molecular flexibility index (Phi) is 6.88. The number of aryl methyl sites for hydroxylation is 2. The molecule has 2 aromatic carbocycles. The van der Waals surface area contributed by atoms with Crippen LogP contribution in [0.4, 0.5) is 0 Å². The molecule has 0 aliphatic heterocycles. The van der Waals surface area contributed by atoms with Crippen LogP contribution in [0.2, 0.25) is 5.02 Å². The summed E-state index contributed by atoms with van der Waals surface area (Å²) in [6.07, 6.45) is 5.92. The van der Waals surface area contributed by atoms with Crippen molar-refractivity contribution in [1.82, 2.24) is 14.5 Å². The largest absolute Gasteiger partial charge is 0.346 e. The minimum Gasteiger partial charge on any atom is -0.346 e. The zero-order chi connectivity index (χ0) is 19.9. The quantitative estimate of drug-likeness (QED) is 0.555. The van der Waals surface area contributed by atoms with Gasteiger partial charge in [0.15, 0.2) is 0 Å². The molecule has 0 N–H and O–H groups in total. The van der Waals surface area contributed by atoms with E-state index in [1.807, 2.05) is 72.2 Å². The molecule has 3 aromatic rings. The smallest absolute Gasteiger partial charge is 0.223 e. The van der Waals surface area contributed by atoms with Gasteiger partial charge in [0.25, 0.3) is 0 Å². The Balaban J connectivity index is 1.66. The molecule has 0 aliphatic carbocycles. The minimum absolute atomic E-state index is 0.00982. The highest BCUT2D eigenvalue weighted by molar-refractivity contribution is 6.30. The zero-order valence-corrected chi connectivity index (χ0v) is 17.1. The summed E-state index contributed by atoms with van der Waals surface area (Å²) >= 11 is 6.20. The SMILES string of the molecule is CN(CCCc1nccn1C)C(=O)C[C@@H](c1ccccc1)c1cccc(Cl)c1. The molecule has 0 fully saturated rings. The summed E-state index contributed by atoms with van der Waals surface area (Å²) in [5.41, 5.74) is 2.19. The van der Waals surface area contributed by atoms with Crippen molar-refractivity contribution in [2.24, 2.45) is 7.05 Å². The number of benzene rings is 2. The molecule has 1 atom stereocenters. The first kappa shape index (κ1) is 20.2. The number of rotatable bonds is 8. The van der Waals surface area contributed by atoms with Crippen molar-refractivity contribution in [3.8, 4) is 0 Å². The van der Waals surface area contributed by atoms with E-state index in [9.17, 15) is 4.79 Å². The van der Waals surface area contributed by atoms with Gasteiger partial charge in [-0.25, -0.2) is 4.98 Å². The average molecular weight is 396 g/mol. The van der Waals surface area contributed by atoms with Crippen molar-refractivity contribution in [3.63, 3.8) is 0 Å².